The first kappa shape index (κ1) is 22.2. The fourth-order valence-corrected chi connectivity index (χ4v) is 3.42. The lowest BCUT2D eigenvalue weighted by Crippen LogP contribution is -2.46. The number of aliphatic imine (C=N–C) groups is 1. The number of hydrogen-bond donors (Lipinski definition) is 3. The van der Waals surface area contributed by atoms with Crippen molar-refractivity contribution in [1.82, 2.24) is 10.6 Å². The van der Waals surface area contributed by atoms with Crippen LogP contribution in [0, 0.1) is 5.41 Å². The minimum absolute atomic E-state index is 0. The molecule has 0 radical (unpaired) electrons. The SMILES string of the molecule is CCNC(=NCc1ccc(S(N)(=O)=O)cc1)NCC1(CC)CCC1.I. The highest BCUT2D eigenvalue weighted by Gasteiger charge is 2.34. The predicted octanol–water partition coefficient (Wildman–Crippen LogP) is 2.59. The van der Waals surface area contributed by atoms with Crippen molar-refractivity contribution in [2.45, 2.75) is 51.0 Å². The van der Waals surface area contributed by atoms with E-state index in [9.17, 15) is 8.42 Å². The van der Waals surface area contributed by atoms with E-state index in [1.807, 2.05) is 6.92 Å². The number of nitrogens with two attached hydrogens (primary N) is 1. The normalized spacial score (nSPS) is 16.5. The second kappa shape index (κ2) is 9.72. The summed E-state index contributed by atoms with van der Waals surface area (Å²) in [5.74, 6) is 0.799. The van der Waals surface area contributed by atoms with Crippen molar-refractivity contribution in [2.75, 3.05) is 13.1 Å². The van der Waals surface area contributed by atoms with Gasteiger partial charge in [-0.2, -0.15) is 0 Å². The van der Waals surface area contributed by atoms with Gasteiger partial charge in [0.2, 0.25) is 10.0 Å². The number of rotatable bonds is 7. The van der Waals surface area contributed by atoms with E-state index in [1.54, 1.807) is 12.1 Å². The lowest BCUT2D eigenvalue weighted by Gasteiger charge is -2.41. The summed E-state index contributed by atoms with van der Waals surface area (Å²) in [6, 6.07) is 6.51. The Kier molecular flexibility index (Phi) is 8.62. The monoisotopic (exact) mass is 480 g/mol. The summed E-state index contributed by atoms with van der Waals surface area (Å²) in [5.41, 5.74) is 1.36. The molecule has 0 amide bonds. The third-order valence-electron chi connectivity index (χ3n) is 4.81. The van der Waals surface area contributed by atoms with Gasteiger partial charge in [-0.15, -0.1) is 24.0 Å². The predicted molar refractivity (Wildman–Crippen MR) is 113 cm³/mol. The highest BCUT2D eigenvalue weighted by atomic mass is 127. The molecule has 0 atom stereocenters. The van der Waals surface area contributed by atoms with Gasteiger partial charge in [-0.05, 0) is 49.3 Å². The molecule has 4 N–H and O–H groups in total. The Hall–Kier alpha value is -0.870. The van der Waals surface area contributed by atoms with E-state index in [2.05, 4.69) is 22.5 Å². The maximum Gasteiger partial charge on any atom is 0.238 e. The van der Waals surface area contributed by atoms with Crippen LogP contribution in [0.5, 0.6) is 0 Å². The van der Waals surface area contributed by atoms with E-state index in [0.29, 0.717) is 12.0 Å². The number of halogens is 1. The molecule has 25 heavy (non-hydrogen) atoms. The number of benzene rings is 1. The molecule has 6 nitrogen and oxygen atoms in total. The standard InChI is InChI=1S/C17H28N4O2S.HI/c1-3-17(10-5-11-17)13-21-16(19-4-2)20-12-14-6-8-15(9-7-14)24(18,22)23;/h6-9H,3-5,10-13H2,1-2H3,(H2,18,22,23)(H2,19,20,21);1H. The van der Waals surface area contributed by atoms with Gasteiger partial charge in [0, 0.05) is 13.1 Å². The smallest absolute Gasteiger partial charge is 0.238 e. The molecule has 8 heteroatoms. The molecule has 2 rings (SSSR count). The summed E-state index contributed by atoms with van der Waals surface area (Å²) in [6.45, 7) is 6.52. The zero-order valence-electron chi connectivity index (χ0n) is 14.9. The van der Waals surface area contributed by atoms with Gasteiger partial charge in [-0.25, -0.2) is 18.5 Å². The molecule has 0 aliphatic heterocycles. The number of hydrogen-bond acceptors (Lipinski definition) is 3. The van der Waals surface area contributed by atoms with Crippen LogP contribution in [0.25, 0.3) is 0 Å². The van der Waals surface area contributed by atoms with Crippen LogP contribution in [0.3, 0.4) is 0 Å². The molecule has 1 saturated carbocycles. The molecule has 0 spiro atoms. The van der Waals surface area contributed by atoms with Crippen LogP contribution in [-0.4, -0.2) is 27.5 Å². The van der Waals surface area contributed by atoms with Gasteiger partial charge >= 0.3 is 0 Å². The van der Waals surface area contributed by atoms with Gasteiger partial charge in [0.15, 0.2) is 5.96 Å². The molecule has 1 aliphatic rings. The second-order valence-corrected chi connectivity index (χ2v) is 8.01. The first-order chi connectivity index (χ1) is 11.4. The fraction of sp³-hybridized carbons (Fsp3) is 0.588. The van der Waals surface area contributed by atoms with Gasteiger partial charge in [-0.3, -0.25) is 0 Å². The van der Waals surface area contributed by atoms with Crippen LogP contribution < -0.4 is 15.8 Å². The Labute approximate surface area is 168 Å². The Bertz CT molecular complexity index is 665. The van der Waals surface area contributed by atoms with Crippen LogP contribution in [0.1, 0.15) is 45.1 Å². The van der Waals surface area contributed by atoms with Crippen molar-refractivity contribution in [1.29, 1.82) is 0 Å². The Morgan fingerprint density at radius 2 is 1.84 bits per heavy atom. The van der Waals surface area contributed by atoms with Gasteiger partial charge in [0.1, 0.15) is 0 Å². The molecule has 1 fully saturated rings. The zero-order chi connectivity index (χ0) is 17.6. The number of nitrogens with one attached hydrogen (secondary N) is 2. The van der Waals surface area contributed by atoms with Gasteiger partial charge < -0.3 is 10.6 Å². The van der Waals surface area contributed by atoms with Crippen molar-refractivity contribution in [3.8, 4) is 0 Å². The average Bonchev–Trinajstić information content (AvgIpc) is 2.51. The molecule has 1 aromatic rings. The van der Waals surface area contributed by atoms with E-state index in [0.717, 1.165) is 24.6 Å². The summed E-state index contributed by atoms with van der Waals surface area (Å²) in [6.07, 6.45) is 5.07. The number of guanidine groups is 1. The minimum atomic E-state index is -3.64. The van der Waals surface area contributed by atoms with Gasteiger partial charge in [0.25, 0.3) is 0 Å². The third-order valence-corrected chi connectivity index (χ3v) is 5.74. The quantitative estimate of drug-likeness (QED) is 0.318. The maximum atomic E-state index is 11.3. The van der Waals surface area contributed by atoms with Crippen molar-refractivity contribution in [3.63, 3.8) is 0 Å². The highest BCUT2D eigenvalue weighted by molar-refractivity contribution is 14.0. The molecular weight excluding hydrogens is 451 g/mol. The van der Waals surface area contributed by atoms with E-state index in [-0.39, 0.29) is 28.9 Å². The summed E-state index contributed by atoms with van der Waals surface area (Å²) >= 11 is 0. The summed E-state index contributed by atoms with van der Waals surface area (Å²) in [4.78, 5) is 4.71. The molecule has 142 valence electrons. The molecule has 0 heterocycles. The third kappa shape index (κ3) is 6.41. The first-order valence-electron chi connectivity index (χ1n) is 8.52. The number of sulfonamides is 1. The fourth-order valence-electron chi connectivity index (χ4n) is 2.90. The molecule has 0 unspecified atom stereocenters. The minimum Gasteiger partial charge on any atom is -0.357 e. The lowest BCUT2D eigenvalue weighted by molar-refractivity contribution is 0.131. The maximum absolute atomic E-state index is 11.3. The molecule has 1 aromatic carbocycles. The van der Waals surface area contributed by atoms with Crippen LogP contribution >= 0.6 is 24.0 Å². The largest absolute Gasteiger partial charge is 0.357 e. The Morgan fingerprint density at radius 3 is 2.28 bits per heavy atom. The van der Waals surface area contributed by atoms with Crippen LogP contribution in [0.15, 0.2) is 34.2 Å². The number of primary sulfonamides is 1. The lowest BCUT2D eigenvalue weighted by atomic mass is 9.67. The van der Waals surface area contributed by atoms with Crippen molar-refractivity contribution < 1.29 is 8.42 Å². The van der Waals surface area contributed by atoms with Crippen molar-refractivity contribution in [2.24, 2.45) is 15.5 Å². The van der Waals surface area contributed by atoms with E-state index in [1.165, 1.54) is 37.8 Å². The molecule has 1 aliphatic carbocycles. The molecule has 0 bridgehead atoms. The van der Waals surface area contributed by atoms with E-state index >= 15 is 0 Å². The van der Waals surface area contributed by atoms with Crippen LogP contribution in [0.2, 0.25) is 0 Å². The molecule has 0 aromatic heterocycles. The average molecular weight is 480 g/mol. The topological polar surface area (TPSA) is 96.6 Å². The van der Waals surface area contributed by atoms with Crippen molar-refractivity contribution >= 4 is 40.0 Å². The van der Waals surface area contributed by atoms with E-state index in [4.69, 9.17) is 5.14 Å². The summed E-state index contributed by atoms with van der Waals surface area (Å²) in [7, 11) is -3.64. The van der Waals surface area contributed by atoms with Gasteiger partial charge in [0.05, 0.1) is 11.4 Å². The highest BCUT2D eigenvalue weighted by Crippen LogP contribution is 2.42. The van der Waals surface area contributed by atoms with Crippen LogP contribution in [-0.2, 0) is 16.6 Å². The molecule has 0 saturated heterocycles. The summed E-state index contributed by atoms with van der Waals surface area (Å²) < 4.78 is 22.5. The first-order valence-corrected chi connectivity index (χ1v) is 10.1. The zero-order valence-corrected chi connectivity index (χ0v) is 18.1. The summed E-state index contributed by atoms with van der Waals surface area (Å²) in [5, 5.41) is 11.8. The Morgan fingerprint density at radius 1 is 1.20 bits per heavy atom. The van der Waals surface area contributed by atoms with Crippen LogP contribution in [0.4, 0.5) is 0 Å². The molecular formula is C17H29IN4O2S. The van der Waals surface area contributed by atoms with Gasteiger partial charge in [-0.1, -0.05) is 25.5 Å². The van der Waals surface area contributed by atoms with Crippen molar-refractivity contribution in [3.05, 3.63) is 29.8 Å². The Balaban J connectivity index is 0.00000312. The number of nitrogens with zero attached hydrogens (tertiary/aromatic N) is 1. The second-order valence-electron chi connectivity index (χ2n) is 6.44. The van der Waals surface area contributed by atoms with E-state index < -0.39 is 10.0 Å².